The second kappa shape index (κ2) is 39.9. The molecule has 9 amide bonds. The molecule has 0 unspecified atom stereocenters. The van der Waals surface area contributed by atoms with Crippen molar-refractivity contribution >= 4 is 53.1 Å². The molecule has 0 radical (unpaired) electrons. The fraction of sp³-hybridized carbons (Fsp3) is 0.680. The molecule has 23 nitrogen and oxygen atoms in total. The zero-order chi connectivity index (χ0) is 53.5. The predicted octanol–water partition coefficient (Wildman–Crippen LogP) is 1.35. The largest absolute Gasteiger partial charge is 0.392 e. The van der Waals surface area contributed by atoms with Gasteiger partial charge in [0.25, 0.3) is 11.8 Å². The van der Waals surface area contributed by atoms with Crippen LogP contribution in [0, 0.1) is 5.92 Å². The van der Waals surface area contributed by atoms with Crippen molar-refractivity contribution in [1.82, 2.24) is 31.5 Å². The highest BCUT2D eigenvalue weighted by Gasteiger charge is 2.31. The molecule has 412 valence electrons. The highest BCUT2D eigenvalue weighted by Crippen LogP contribution is 2.13. The second-order valence-corrected chi connectivity index (χ2v) is 17.4. The fourth-order valence-corrected chi connectivity index (χ4v) is 6.98. The number of rotatable bonds is 44. The molecule has 0 saturated heterocycles. The molecule has 3 atom stereocenters. The van der Waals surface area contributed by atoms with Crippen LogP contribution in [0.1, 0.15) is 97.0 Å². The van der Waals surface area contributed by atoms with E-state index < -0.39 is 53.7 Å². The summed E-state index contributed by atoms with van der Waals surface area (Å²) in [4.78, 5) is 103. The Morgan fingerprint density at radius 2 is 1.11 bits per heavy atom. The SMILES string of the molecule is CCCOCCOCCOCCOCCOCCOCCC(=O)NCCCC[C@H](NC(=O)CCCCCN1C(=O)C=CC1=O)C(=O)N[C@H](C(=O)N[C@@H](CCCNC(N)=O)C(=O)Nc1ccc(CO)cc1)C(C)C. The van der Waals surface area contributed by atoms with Gasteiger partial charge in [-0.1, -0.05) is 39.3 Å². The minimum atomic E-state index is -1.13. The molecule has 0 bridgehead atoms. The summed E-state index contributed by atoms with van der Waals surface area (Å²) in [7, 11) is 0. The molecule has 0 aromatic heterocycles. The first kappa shape index (κ1) is 63.6. The second-order valence-electron chi connectivity index (χ2n) is 17.4. The number of primary amides is 1. The lowest BCUT2D eigenvalue weighted by Crippen LogP contribution is -2.57. The van der Waals surface area contributed by atoms with E-state index >= 15 is 0 Å². The van der Waals surface area contributed by atoms with Crippen molar-refractivity contribution in [2.45, 2.75) is 116 Å². The number of unbranched alkanes of at least 4 members (excludes halogenated alkanes) is 3. The number of hydrogen-bond donors (Lipinski definition) is 8. The summed E-state index contributed by atoms with van der Waals surface area (Å²) < 4.78 is 32.7. The summed E-state index contributed by atoms with van der Waals surface area (Å²) in [5.41, 5.74) is 6.25. The van der Waals surface area contributed by atoms with Gasteiger partial charge in [-0.15, -0.1) is 0 Å². The van der Waals surface area contributed by atoms with Gasteiger partial charge in [-0.05, 0) is 75.0 Å². The Bertz CT molecular complexity index is 1800. The Kier molecular flexibility index (Phi) is 34.7. The number of anilines is 1. The van der Waals surface area contributed by atoms with Crippen LogP contribution in [0.4, 0.5) is 10.5 Å². The lowest BCUT2D eigenvalue weighted by Gasteiger charge is -2.27. The summed E-state index contributed by atoms with van der Waals surface area (Å²) in [6.45, 7) is 11.3. The van der Waals surface area contributed by atoms with Crippen molar-refractivity contribution in [3.63, 3.8) is 0 Å². The Hall–Kier alpha value is -5.56. The molecule has 0 aliphatic carbocycles. The topological polar surface area (TPSA) is 314 Å². The summed E-state index contributed by atoms with van der Waals surface area (Å²) in [5, 5.41) is 25.7. The molecule has 1 heterocycles. The highest BCUT2D eigenvalue weighted by atomic mass is 16.6. The number of amides is 9. The molecule has 1 aliphatic heterocycles. The van der Waals surface area contributed by atoms with Gasteiger partial charge in [0.2, 0.25) is 29.5 Å². The van der Waals surface area contributed by atoms with Gasteiger partial charge in [0.15, 0.2) is 0 Å². The first-order chi connectivity index (χ1) is 35.2. The van der Waals surface area contributed by atoms with E-state index in [2.05, 4.69) is 38.8 Å². The third-order valence-corrected chi connectivity index (χ3v) is 11.0. The number of imide groups is 1. The average molecular weight is 1040 g/mol. The number of ether oxygens (including phenoxy) is 6. The van der Waals surface area contributed by atoms with Crippen LogP contribution < -0.4 is 37.6 Å². The number of benzene rings is 1. The number of aliphatic hydroxyl groups is 1. The molecule has 0 fully saturated rings. The molecule has 1 aromatic rings. The molecular formula is C50H82N8O15. The minimum absolute atomic E-state index is 0.0599. The average Bonchev–Trinajstić information content (AvgIpc) is 3.69. The van der Waals surface area contributed by atoms with E-state index in [-0.39, 0.29) is 76.1 Å². The predicted molar refractivity (Wildman–Crippen MR) is 269 cm³/mol. The molecular weight excluding hydrogens is 953 g/mol. The van der Waals surface area contributed by atoms with Gasteiger partial charge in [0.1, 0.15) is 18.1 Å². The van der Waals surface area contributed by atoms with Gasteiger partial charge in [-0.2, -0.15) is 0 Å². The van der Waals surface area contributed by atoms with Gasteiger partial charge in [-0.3, -0.25) is 38.5 Å². The first-order valence-electron chi connectivity index (χ1n) is 25.5. The van der Waals surface area contributed by atoms with E-state index in [1.165, 1.54) is 12.2 Å². The number of nitrogens with one attached hydrogen (secondary N) is 6. The van der Waals surface area contributed by atoms with Crippen molar-refractivity contribution < 1.29 is 71.9 Å². The maximum absolute atomic E-state index is 14.0. The lowest BCUT2D eigenvalue weighted by molar-refractivity contribution is -0.137. The van der Waals surface area contributed by atoms with Crippen LogP contribution in [0.2, 0.25) is 0 Å². The van der Waals surface area contributed by atoms with Crippen molar-refractivity contribution in [1.29, 1.82) is 0 Å². The Labute approximate surface area is 429 Å². The van der Waals surface area contributed by atoms with Crippen LogP contribution in [-0.4, -0.2) is 174 Å². The van der Waals surface area contributed by atoms with Crippen molar-refractivity contribution in [2.24, 2.45) is 11.7 Å². The van der Waals surface area contributed by atoms with Crippen LogP contribution in [0.3, 0.4) is 0 Å². The summed E-state index contributed by atoms with van der Waals surface area (Å²) in [5.74, 6) is -3.68. The number of nitrogens with two attached hydrogens (primary N) is 1. The van der Waals surface area contributed by atoms with Crippen molar-refractivity contribution in [3.8, 4) is 0 Å². The van der Waals surface area contributed by atoms with Gasteiger partial charge < -0.3 is 71.2 Å². The van der Waals surface area contributed by atoms with E-state index in [4.69, 9.17) is 34.2 Å². The molecule has 73 heavy (non-hydrogen) atoms. The van der Waals surface area contributed by atoms with Crippen LogP contribution in [0.25, 0.3) is 0 Å². The Morgan fingerprint density at radius 1 is 0.575 bits per heavy atom. The lowest BCUT2D eigenvalue weighted by atomic mass is 10.0. The molecule has 9 N–H and O–H groups in total. The van der Waals surface area contributed by atoms with E-state index in [1.807, 2.05) is 0 Å². The normalized spacial score (nSPS) is 13.4. The first-order valence-corrected chi connectivity index (χ1v) is 25.5. The smallest absolute Gasteiger partial charge is 0.312 e. The standard InChI is InChI=1S/C50H82N8O15/c1-4-24-68-26-28-70-30-32-72-34-35-73-33-31-71-29-27-69-25-20-42(60)52-21-8-7-11-40(55-43(61)13-6-5-9-23-58-44(62)18-19-45(58)63)48(65)57-46(37(2)3)49(66)56-41(12-10-22-53-50(51)67)47(64)54-39-16-14-38(36-59)15-17-39/h14-19,37,40-41,46,59H,4-13,20-36H2,1-3H3,(H,52,60)(H,54,64)(H,55,61)(H,56,66)(H,57,65)(H3,51,53,67)/t40-,41-,46-/m0/s1. The van der Waals surface area contributed by atoms with Gasteiger partial charge in [0, 0.05) is 56.9 Å². The maximum atomic E-state index is 14.0. The van der Waals surface area contributed by atoms with Gasteiger partial charge in [0.05, 0.1) is 79.3 Å². The molecule has 1 aromatic carbocycles. The zero-order valence-corrected chi connectivity index (χ0v) is 43.1. The zero-order valence-electron chi connectivity index (χ0n) is 43.1. The number of urea groups is 1. The van der Waals surface area contributed by atoms with E-state index in [0.717, 1.165) is 17.9 Å². The van der Waals surface area contributed by atoms with Crippen LogP contribution in [0.15, 0.2) is 36.4 Å². The van der Waals surface area contributed by atoms with Crippen LogP contribution in [-0.2, 0) is 68.6 Å². The fourth-order valence-electron chi connectivity index (χ4n) is 6.98. The maximum Gasteiger partial charge on any atom is 0.312 e. The molecule has 23 heteroatoms. The summed E-state index contributed by atoms with van der Waals surface area (Å²) >= 11 is 0. The molecule has 0 saturated carbocycles. The van der Waals surface area contributed by atoms with Gasteiger partial charge in [-0.25, -0.2) is 4.79 Å². The number of carbonyl (C=O) groups is 8. The van der Waals surface area contributed by atoms with Crippen molar-refractivity contribution in [3.05, 3.63) is 42.0 Å². The molecule has 2 rings (SSSR count). The number of aliphatic hydroxyl groups excluding tert-OH is 1. The number of nitrogens with zero attached hydrogens (tertiary/aromatic N) is 1. The van der Waals surface area contributed by atoms with E-state index in [0.29, 0.717) is 116 Å². The number of carbonyl (C=O) groups excluding carboxylic acids is 8. The van der Waals surface area contributed by atoms with E-state index in [1.54, 1.807) is 38.1 Å². The molecule has 0 spiro atoms. The molecule has 1 aliphatic rings. The number of hydrogen-bond acceptors (Lipinski definition) is 15. The van der Waals surface area contributed by atoms with Crippen molar-refractivity contribution in [2.75, 3.05) is 104 Å². The van der Waals surface area contributed by atoms with Gasteiger partial charge >= 0.3 is 6.03 Å². The van der Waals surface area contributed by atoms with Crippen LogP contribution in [0.5, 0.6) is 0 Å². The summed E-state index contributed by atoms with van der Waals surface area (Å²) in [6.07, 6.45) is 6.49. The third-order valence-electron chi connectivity index (χ3n) is 11.0. The Morgan fingerprint density at radius 3 is 1.66 bits per heavy atom. The minimum Gasteiger partial charge on any atom is -0.392 e. The monoisotopic (exact) mass is 1030 g/mol. The highest BCUT2D eigenvalue weighted by molar-refractivity contribution is 6.12. The summed E-state index contributed by atoms with van der Waals surface area (Å²) in [6, 6.07) is 2.46. The van der Waals surface area contributed by atoms with E-state index in [9.17, 15) is 43.5 Å². The third kappa shape index (κ3) is 30.3. The van der Waals surface area contributed by atoms with Crippen LogP contribution >= 0.6 is 0 Å². The quantitative estimate of drug-likeness (QED) is 0.0338. The Balaban J connectivity index is 1.85.